The van der Waals surface area contributed by atoms with Crippen molar-refractivity contribution in [1.82, 2.24) is 0 Å². The summed E-state index contributed by atoms with van der Waals surface area (Å²) < 4.78 is 4.75. The molecule has 0 bridgehead atoms. The molecule has 0 aliphatic carbocycles. The maximum absolute atomic E-state index is 11.1. The monoisotopic (exact) mass is 270 g/mol. The first-order chi connectivity index (χ1) is 9.65. The number of carboxylic acids is 1. The summed E-state index contributed by atoms with van der Waals surface area (Å²) in [4.78, 5) is 11.1. The lowest BCUT2D eigenvalue weighted by Crippen LogP contribution is -2.06. The van der Waals surface area contributed by atoms with Crippen molar-refractivity contribution in [3.8, 4) is 11.1 Å². The highest BCUT2D eigenvalue weighted by atomic mass is 16.5. The summed E-state index contributed by atoms with van der Waals surface area (Å²) in [5.41, 5.74) is 2.04. The molecule has 0 saturated heterocycles. The number of rotatable bonds is 4. The Labute approximate surface area is 116 Å². The fraction of sp³-hybridized carbons (Fsp3) is 0.0625. The van der Waals surface area contributed by atoms with Gasteiger partial charge in [0.05, 0.1) is 7.11 Å². The Kier molecular flexibility index (Phi) is 4.05. The molecule has 0 unspecified atom stereocenters. The number of ether oxygens (including phenoxy) is 1. The average molecular weight is 270 g/mol. The van der Waals surface area contributed by atoms with E-state index in [9.17, 15) is 9.90 Å². The van der Waals surface area contributed by atoms with Crippen LogP contribution in [0.3, 0.4) is 0 Å². The third-order valence-electron chi connectivity index (χ3n) is 2.88. The lowest BCUT2D eigenvalue weighted by Gasteiger charge is -2.11. The normalized spacial score (nSPS) is 11.7. The molecular weight excluding hydrogens is 256 g/mol. The molecule has 102 valence electrons. The van der Waals surface area contributed by atoms with Gasteiger partial charge in [-0.15, -0.1) is 0 Å². The van der Waals surface area contributed by atoms with Crippen molar-refractivity contribution in [3.63, 3.8) is 0 Å². The van der Waals surface area contributed by atoms with Crippen LogP contribution in [0.2, 0.25) is 0 Å². The van der Waals surface area contributed by atoms with Crippen molar-refractivity contribution in [3.05, 3.63) is 65.9 Å². The number of carboxylic acid groups (broad SMARTS) is 1. The molecule has 0 heterocycles. The van der Waals surface area contributed by atoms with Crippen LogP contribution in [0.1, 0.15) is 5.56 Å². The van der Waals surface area contributed by atoms with Crippen LogP contribution < -0.4 is 0 Å². The number of hydrogen-bond acceptors (Lipinski definition) is 3. The maximum atomic E-state index is 11.1. The molecule has 0 aliphatic heterocycles. The van der Waals surface area contributed by atoms with Gasteiger partial charge >= 0.3 is 5.97 Å². The number of methoxy groups -OCH3 is 1. The first-order valence-electron chi connectivity index (χ1n) is 6.00. The van der Waals surface area contributed by atoms with Gasteiger partial charge in [-0.25, -0.2) is 4.79 Å². The highest BCUT2D eigenvalue weighted by Gasteiger charge is 2.18. The van der Waals surface area contributed by atoms with Crippen molar-refractivity contribution in [2.45, 2.75) is 0 Å². The Hall–Kier alpha value is -2.75. The van der Waals surface area contributed by atoms with Gasteiger partial charge in [-0.1, -0.05) is 54.6 Å². The third-order valence-corrected chi connectivity index (χ3v) is 2.88. The first-order valence-corrected chi connectivity index (χ1v) is 6.00. The van der Waals surface area contributed by atoms with Crippen molar-refractivity contribution in [2.24, 2.45) is 0 Å². The van der Waals surface area contributed by atoms with Gasteiger partial charge in [-0.05, 0) is 11.1 Å². The minimum absolute atomic E-state index is 0.389. The molecule has 0 amide bonds. The van der Waals surface area contributed by atoms with E-state index in [2.05, 4.69) is 0 Å². The van der Waals surface area contributed by atoms with Gasteiger partial charge in [0, 0.05) is 5.56 Å². The van der Waals surface area contributed by atoms with Gasteiger partial charge in [-0.2, -0.15) is 0 Å². The standard InChI is InChI=1S/C16H14O4/c1-20-15(16(18)19)14(17)13-10-6-5-9-12(13)11-7-3-2-4-8-11/h2-10,17H,1H3,(H,18,19). The number of carbonyl (C=O) groups is 1. The Morgan fingerprint density at radius 2 is 1.55 bits per heavy atom. The zero-order chi connectivity index (χ0) is 14.5. The van der Waals surface area contributed by atoms with Gasteiger partial charge in [0.2, 0.25) is 5.76 Å². The molecule has 4 nitrogen and oxygen atoms in total. The zero-order valence-corrected chi connectivity index (χ0v) is 10.9. The first kappa shape index (κ1) is 13.7. The quantitative estimate of drug-likeness (QED) is 0.660. The average Bonchev–Trinajstić information content (AvgIpc) is 2.48. The summed E-state index contributed by atoms with van der Waals surface area (Å²) >= 11 is 0. The second-order valence-electron chi connectivity index (χ2n) is 4.10. The number of benzene rings is 2. The summed E-state index contributed by atoms with van der Waals surface area (Å²) in [6.45, 7) is 0. The summed E-state index contributed by atoms with van der Waals surface area (Å²) in [6.07, 6.45) is 0. The Morgan fingerprint density at radius 3 is 2.15 bits per heavy atom. The van der Waals surface area contributed by atoms with E-state index in [0.29, 0.717) is 5.56 Å². The lowest BCUT2D eigenvalue weighted by molar-refractivity contribution is -0.136. The van der Waals surface area contributed by atoms with Crippen LogP contribution >= 0.6 is 0 Å². The van der Waals surface area contributed by atoms with E-state index in [1.54, 1.807) is 12.1 Å². The summed E-state index contributed by atoms with van der Waals surface area (Å²) in [7, 11) is 1.21. The highest BCUT2D eigenvalue weighted by Crippen LogP contribution is 2.29. The molecule has 2 N–H and O–H groups in total. The van der Waals surface area contributed by atoms with Crippen LogP contribution in [-0.4, -0.2) is 23.3 Å². The summed E-state index contributed by atoms with van der Waals surface area (Å²) in [5, 5.41) is 19.2. The Balaban J connectivity index is 2.62. The fourth-order valence-corrected chi connectivity index (χ4v) is 1.97. The van der Waals surface area contributed by atoms with Gasteiger partial charge in [0.1, 0.15) is 0 Å². The maximum Gasteiger partial charge on any atom is 0.375 e. The topological polar surface area (TPSA) is 66.8 Å². The van der Waals surface area contributed by atoms with Gasteiger partial charge in [-0.3, -0.25) is 0 Å². The van der Waals surface area contributed by atoms with Crippen LogP contribution in [0.5, 0.6) is 0 Å². The molecule has 0 spiro atoms. The molecule has 2 rings (SSSR count). The van der Waals surface area contributed by atoms with Crippen molar-refractivity contribution >= 4 is 11.7 Å². The molecule has 0 aromatic heterocycles. The molecule has 2 aromatic rings. The number of aliphatic carboxylic acids is 1. The van der Waals surface area contributed by atoms with Crippen molar-refractivity contribution in [2.75, 3.05) is 7.11 Å². The van der Waals surface area contributed by atoms with Gasteiger partial charge < -0.3 is 14.9 Å². The van der Waals surface area contributed by atoms with Crippen LogP contribution in [0.15, 0.2) is 60.4 Å². The van der Waals surface area contributed by atoms with E-state index >= 15 is 0 Å². The predicted molar refractivity (Wildman–Crippen MR) is 76.1 cm³/mol. The fourth-order valence-electron chi connectivity index (χ4n) is 1.97. The number of hydrogen-bond donors (Lipinski definition) is 2. The molecule has 20 heavy (non-hydrogen) atoms. The second kappa shape index (κ2) is 5.93. The van der Waals surface area contributed by atoms with E-state index in [-0.39, 0.29) is 5.76 Å². The summed E-state index contributed by atoms with van der Waals surface area (Å²) in [6, 6.07) is 16.4. The van der Waals surface area contributed by atoms with Gasteiger partial charge in [0.15, 0.2) is 5.76 Å². The third kappa shape index (κ3) is 2.64. The second-order valence-corrected chi connectivity index (χ2v) is 4.10. The highest BCUT2D eigenvalue weighted by molar-refractivity contribution is 5.94. The summed E-state index contributed by atoms with van der Waals surface area (Å²) in [5.74, 6) is -2.18. The molecule has 0 atom stereocenters. The van der Waals surface area contributed by atoms with E-state index in [1.807, 2.05) is 42.5 Å². The lowest BCUT2D eigenvalue weighted by atomic mass is 9.98. The smallest absolute Gasteiger partial charge is 0.375 e. The van der Waals surface area contributed by atoms with Crippen molar-refractivity contribution in [1.29, 1.82) is 0 Å². The van der Waals surface area contributed by atoms with E-state index in [0.717, 1.165) is 11.1 Å². The largest absolute Gasteiger partial charge is 0.504 e. The minimum atomic E-state index is -1.31. The zero-order valence-electron chi connectivity index (χ0n) is 10.9. The molecule has 0 fully saturated rings. The molecule has 4 heteroatoms. The Morgan fingerprint density at radius 1 is 0.950 bits per heavy atom. The van der Waals surface area contributed by atoms with Crippen molar-refractivity contribution < 1.29 is 19.7 Å². The molecular formula is C16H14O4. The molecule has 0 radical (unpaired) electrons. The van der Waals surface area contributed by atoms with Gasteiger partial charge in [0.25, 0.3) is 0 Å². The minimum Gasteiger partial charge on any atom is -0.504 e. The number of aliphatic hydroxyl groups is 1. The molecule has 0 saturated carbocycles. The molecule has 2 aromatic carbocycles. The van der Waals surface area contributed by atoms with E-state index in [4.69, 9.17) is 9.84 Å². The van der Waals surface area contributed by atoms with Crippen LogP contribution in [0.4, 0.5) is 0 Å². The Bertz CT molecular complexity index is 645. The van der Waals surface area contributed by atoms with Crippen LogP contribution in [0.25, 0.3) is 16.9 Å². The molecule has 0 aliphatic rings. The van der Waals surface area contributed by atoms with E-state index < -0.39 is 11.7 Å². The number of aliphatic hydroxyl groups excluding tert-OH is 1. The SMILES string of the molecule is COC(C(=O)O)=C(O)c1ccccc1-c1ccccc1. The van der Waals surface area contributed by atoms with Crippen LogP contribution in [-0.2, 0) is 9.53 Å². The predicted octanol–water partition coefficient (Wildman–Crippen LogP) is 3.31. The van der Waals surface area contributed by atoms with E-state index in [1.165, 1.54) is 7.11 Å². The van der Waals surface area contributed by atoms with Crippen LogP contribution in [0, 0.1) is 0 Å².